The molecule has 44 heavy (non-hydrogen) atoms. The van der Waals surface area contributed by atoms with Crippen molar-refractivity contribution in [3.05, 3.63) is 101 Å². The van der Waals surface area contributed by atoms with Gasteiger partial charge < -0.3 is 24.8 Å². The van der Waals surface area contributed by atoms with Gasteiger partial charge in [-0.25, -0.2) is 4.99 Å². The van der Waals surface area contributed by atoms with Crippen molar-refractivity contribution in [2.24, 2.45) is 10.9 Å². The number of allylic oxidation sites excluding steroid dienone is 9. The Balaban J connectivity index is 1.48. The second-order valence-electron chi connectivity index (χ2n) is 11.7. The zero-order valence-corrected chi connectivity index (χ0v) is 27.0. The molecule has 2 N–H and O–H groups in total. The van der Waals surface area contributed by atoms with Crippen LogP contribution >= 0.6 is 0 Å². The first-order chi connectivity index (χ1) is 21.1. The van der Waals surface area contributed by atoms with Crippen LogP contribution in [0.4, 0.5) is 5.69 Å². The molecule has 2 aliphatic heterocycles. The number of carbonyl (C=O) groups is 1. The summed E-state index contributed by atoms with van der Waals surface area (Å²) in [4.78, 5) is 19.2. The normalized spacial score (nSPS) is 19.2. The molecule has 0 unspecified atom stereocenters. The van der Waals surface area contributed by atoms with E-state index in [1.807, 2.05) is 64.1 Å². The Bertz CT molecular complexity index is 1480. The van der Waals surface area contributed by atoms with Crippen molar-refractivity contribution in [3.63, 3.8) is 0 Å². The minimum Gasteiger partial charge on any atom is -0.506 e. The highest BCUT2D eigenvalue weighted by molar-refractivity contribution is 6.04. The van der Waals surface area contributed by atoms with Gasteiger partial charge in [0.15, 0.2) is 11.7 Å². The number of morpholine rings is 1. The summed E-state index contributed by atoms with van der Waals surface area (Å²) in [5.74, 6) is 2.61. The Labute approximate surface area is 262 Å². The topological polar surface area (TPSA) is 83.4 Å². The van der Waals surface area contributed by atoms with Crippen LogP contribution in [0.25, 0.3) is 5.57 Å². The highest BCUT2D eigenvalue weighted by Gasteiger charge is 2.25. The largest absolute Gasteiger partial charge is 0.506 e. The summed E-state index contributed by atoms with van der Waals surface area (Å²) in [6.07, 6.45) is 13.6. The first-order valence-corrected chi connectivity index (χ1v) is 15.6. The van der Waals surface area contributed by atoms with Crippen LogP contribution in [0.1, 0.15) is 72.3 Å². The smallest absolute Gasteiger partial charge is 0.196 e. The van der Waals surface area contributed by atoms with Gasteiger partial charge in [0.05, 0.1) is 18.9 Å². The van der Waals surface area contributed by atoms with E-state index < -0.39 is 0 Å². The van der Waals surface area contributed by atoms with Crippen molar-refractivity contribution < 1.29 is 19.4 Å². The average Bonchev–Trinajstić information content (AvgIpc) is 3.52. The summed E-state index contributed by atoms with van der Waals surface area (Å²) >= 11 is 0. The molecule has 0 atom stereocenters. The van der Waals surface area contributed by atoms with E-state index in [0.29, 0.717) is 30.6 Å². The number of benzene rings is 1. The van der Waals surface area contributed by atoms with Gasteiger partial charge in [0.25, 0.3) is 0 Å². The van der Waals surface area contributed by atoms with Gasteiger partial charge in [0, 0.05) is 30.5 Å². The SMILES string of the molecule is C=C(\N=C(C)/C(=C\C)/C=C(\CC1CCCC1)C(C)=O)Nc1ccc(/C(=C/C)C2=C(C)C(=C)C=C(N3CCOCC3)O2)cc1O. The lowest BCUT2D eigenvalue weighted by Crippen LogP contribution is -2.37. The molecule has 1 saturated heterocycles. The summed E-state index contributed by atoms with van der Waals surface area (Å²) < 4.78 is 11.9. The van der Waals surface area contributed by atoms with Gasteiger partial charge in [-0.15, -0.1) is 0 Å². The van der Waals surface area contributed by atoms with Crippen LogP contribution < -0.4 is 5.32 Å². The van der Waals surface area contributed by atoms with Crippen LogP contribution in [0, 0.1) is 5.92 Å². The number of hydrogen-bond acceptors (Lipinski definition) is 7. The lowest BCUT2D eigenvalue weighted by molar-refractivity contribution is -0.113. The molecule has 3 aliphatic rings. The Hall–Kier alpha value is -4.10. The molecule has 0 aromatic heterocycles. The van der Waals surface area contributed by atoms with Crippen LogP contribution in [0.5, 0.6) is 5.75 Å². The molecule has 1 saturated carbocycles. The third-order valence-electron chi connectivity index (χ3n) is 8.57. The number of carbonyl (C=O) groups excluding carboxylic acids is 1. The first kappa shape index (κ1) is 32.8. The predicted octanol–water partition coefficient (Wildman–Crippen LogP) is 8.22. The molecule has 7 nitrogen and oxygen atoms in total. The number of aliphatic imine (C=N–C) groups is 1. The Morgan fingerprint density at radius 2 is 1.86 bits per heavy atom. The molecule has 1 aromatic carbocycles. The van der Waals surface area contributed by atoms with Crippen LogP contribution in [-0.2, 0) is 14.3 Å². The maximum absolute atomic E-state index is 12.4. The molecule has 0 bridgehead atoms. The van der Waals surface area contributed by atoms with Gasteiger partial charge in [-0.1, -0.05) is 57.1 Å². The molecule has 2 heterocycles. The number of rotatable bonds is 11. The number of ketones is 1. The standard InChI is InChI=1S/C37H47N3O4/c1-8-30(22-32(27(6)41)21-29-12-10-11-13-29)26(5)38-28(7)39-34-15-14-31(23-35(34)42)33(9-2)37-25(4)24(3)20-36(44-37)40-16-18-43-19-17-40/h8-9,14-15,20,22-23,29,39,42H,3,7,10-13,16-19,21H2,1-2,4-6H3/b30-8-,32-22+,33-9-,38-26-. The number of aromatic hydroxyl groups is 1. The molecular weight excluding hydrogens is 550 g/mol. The molecule has 2 fully saturated rings. The summed E-state index contributed by atoms with van der Waals surface area (Å²) in [5.41, 5.74) is 6.47. The fraction of sp³-hybridized carbons (Fsp3) is 0.405. The lowest BCUT2D eigenvalue weighted by Gasteiger charge is -2.34. The quantitative estimate of drug-likeness (QED) is 0.116. The van der Waals surface area contributed by atoms with Gasteiger partial charge in [-0.05, 0) is 93.0 Å². The number of hydrogen-bond donors (Lipinski definition) is 2. The number of nitrogens with one attached hydrogen (secondary N) is 1. The molecule has 7 heteroatoms. The number of phenolic OH excluding ortho intramolecular Hbond substituents is 1. The Morgan fingerprint density at radius 1 is 1.16 bits per heavy atom. The summed E-state index contributed by atoms with van der Waals surface area (Å²) in [7, 11) is 0. The zero-order valence-electron chi connectivity index (χ0n) is 27.0. The molecule has 0 radical (unpaired) electrons. The summed E-state index contributed by atoms with van der Waals surface area (Å²) in [6.45, 7) is 20.6. The number of Topliss-reactive ketones (excluding diaryl/α,β-unsaturated/α-hetero) is 1. The lowest BCUT2D eigenvalue weighted by atomic mass is 9.93. The molecule has 4 rings (SSSR count). The van der Waals surface area contributed by atoms with Crippen LogP contribution in [0.15, 0.2) is 100 Å². The maximum atomic E-state index is 12.4. The maximum Gasteiger partial charge on any atom is 0.196 e. The van der Waals surface area contributed by atoms with Gasteiger partial charge in [0.2, 0.25) is 0 Å². The van der Waals surface area contributed by atoms with E-state index in [9.17, 15) is 9.90 Å². The highest BCUT2D eigenvalue weighted by Crippen LogP contribution is 2.38. The highest BCUT2D eigenvalue weighted by atomic mass is 16.5. The third kappa shape index (κ3) is 8.08. The van der Waals surface area contributed by atoms with E-state index in [2.05, 4.69) is 28.4 Å². The molecule has 1 aliphatic carbocycles. The number of ether oxygens (including phenoxy) is 2. The minimum absolute atomic E-state index is 0.0641. The third-order valence-corrected chi connectivity index (χ3v) is 8.57. The predicted molar refractivity (Wildman–Crippen MR) is 180 cm³/mol. The Kier molecular flexibility index (Phi) is 11.2. The molecule has 234 valence electrons. The second kappa shape index (κ2) is 15.1. The van der Waals surface area contributed by atoms with Crippen molar-refractivity contribution >= 4 is 22.8 Å². The fourth-order valence-corrected chi connectivity index (χ4v) is 5.91. The van der Waals surface area contributed by atoms with Crippen molar-refractivity contribution in [1.29, 1.82) is 0 Å². The van der Waals surface area contributed by atoms with E-state index in [-0.39, 0.29) is 11.5 Å². The number of nitrogens with zero attached hydrogens (tertiary/aromatic N) is 2. The zero-order chi connectivity index (χ0) is 31.8. The average molecular weight is 598 g/mol. The monoisotopic (exact) mass is 597 g/mol. The van der Waals surface area contributed by atoms with Crippen LogP contribution in [-0.4, -0.2) is 47.8 Å². The second-order valence-corrected chi connectivity index (χ2v) is 11.7. The van der Waals surface area contributed by atoms with Gasteiger partial charge in [0.1, 0.15) is 17.3 Å². The van der Waals surface area contributed by atoms with Crippen LogP contribution in [0.2, 0.25) is 0 Å². The van der Waals surface area contributed by atoms with E-state index >= 15 is 0 Å². The van der Waals surface area contributed by atoms with E-state index in [1.165, 1.54) is 25.7 Å². The number of anilines is 1. The van der Waals surface area contributed by atoms with Crippen molar-refractivity contribution in [2.75, 3.05) is 31.6 Å². The number of phenols is 1. The Morgan fingerprint density at radius 3 is 2.48 bits per heavy atom. The molecule has 1 aromatic rings. The van der Waals surface area contributed by atoms with E-state index in [4.69, 9.17) is 9.47 Å². The van der Waals surface area contributed by atoms with E-state index in [0.717, 1.165) is 70.3 Å². The molecule has 0 spiro atoms. The molecule has 0 amide bonds. The van der Waals surface area contributed by atoms with Crippen molar-refractivity contribution in [3.8, 4) is 5.75 Å². The van der Waals surface area contributed by atoms with Crippen LogP contribution in [0.3, 0.4) is 0 Å². The van der Waals surface area contributed by atoms with Crippen molar-refractivity contribution in [2.45, 2.75) is 66.7 Å². The van der Waals surface area contributed by atoms with Gasteiger partial charge in [-0.2, -0.15) is 0 Å². The van der Waals surface area contributed by atoms with Gasteiger partial charge in [-0.3, -0.25) is 4.79 Å². The fourth-order valence-electron chi connectivity index (χ4n) is 5.91. The first-order valence-electron chi connectivity index (χ1n) is 15.6. The summed E-state index contributed by atoms with van der Waals surface area (Å²) in [6, 6.07) is 5.45. The van der Waals surface area contributed by atoms with E-state index in [1.54, 1.807) is 13.0 Å². The molecular formula is C37H47N3O4. The minimum atomic E-state index is 0.0641. The van der Waals surface area contributed by atoms with Gasteiger partial charge >= 0.3 is 0 Å². The summed E-state index contributed by atoms with van der Waals surface area (Å²) in [5, 5.41) is 14.1. The van der Waals surface area contributed by atoms with Crippen molar-refractivity contribution in [1.82, 2.24) is 4.90 Å².